The predicted molar refractivity (Wildman–Crippen MR) is 202 cm³/mol. The summed E-state index contributed by atoms with van der Waals surface area (Å²) in [5.41, 5.74) is 0. The Morgan fingerprint density at radius 3 is 1.29 bits per heavy atom. The lowest BCUT2D eigenvalue weighted by atomic mass is 10.1. The molecule has 0 bridgehead atoms. The monoisotopic (exact) mass is 673 g/mol. The van der Waals surface area contributed by atoms with Gasteiger partial charge in [0, 0.05) is 25.9 Å². The van der Waals surface area contributed by atoms with Crippen molar-refractivity contribution < 1.29 is 19.1 Å². The molecule has 6 nitrogen and oxygen atoms in total. The molecule has 0 saturated carbocycles. The molecule has 0 aromatic heterocycles. The van der Waals surface area contributed by atoms with Gasteiger partial charge in [0.2, 0.25) is 11.8 Å². The highest BCUT2D eigenvalue weighted by atomic mass is 16.6. The quantitative estimate of drug-likeness (QED) is 0.0399. The number of carbonyl (C=O) groups is 2. The molecule has 2 amide bonds. The number of hydrogen-bond acceptors (Lipinski definition) is 4. The first-order valence-electron chi connectivity index (χ1n) is 20.8. The molecule has 6 heteroatoms. The maximum Gasteiger partial charge on any atom is 0.219 e. The van der Waals surface area contributed by atoms with Crippen molar-refractivity contribution in [2.24, 2.45) is 0 Å². The maximum absolute atomic E-state index is 12.1. The molecule has 0 aliphatic carbocycles. The van der Waals surface area contributed by atoms with Gasteiger partial charge in [0.1, 0.15) is 0 Å². The van der Waals surface area contributed by atoms with Gasteiger partial charge < -0.3 is 20.1 Å². The third kappa shape index (κ3) is 25.3. The minimum Gasteiger partial charge on any atom is -0.369 e. The normalized spacial score (nSPS) is 20.1. The lowest BCUT2D eigenvalue weighted by molar-refractivity contribution is -0.122. The average Bonchev–Trinajstić information content (AvgIpc) is 4.01. The van der Waals surface area contributed by atoms with Crippen LogP contribution in [0.2, 0.25) is 0 Å². The molecule has 0 radical (unpaired) electrons. The summed E-state index contributed by atoms with van der Waals surface area (Å²) in [6, 6.07) is 0. The van der Waals surface area contributed by atoms with Gasteiger partial charge in [-0.25, -0.2) is 0 Å². The lowest BCUT2D eigenvalue weighted by Crippen LogP contribution is -2.24. The van der Waals surface area contributed by atoms with Crippen LogP contribution in [0.15, 0.2) is 24.3 Å². The minimum absolute atomic E-state index is 0.197. The Hall–Kier alpha value is -1.66. The van der Waals surface area contributed by atoms with Crippen LogP contribution in [0, 0.1) is 0 Å². The number of allylic oxidation sites excluding steroid dienone is 2. The second-order valence-corrected chi connectivity index (χ2v) is 14.6. The molecule has 4 unspecified atom stereocenters. The number of nitrogens with one attached hydrogen (secondary N) is 2. The highest BCUT2D eigenvalue weighted by molar-refractivity contribution is 5.76. The van der Waals surface area contributed by atoms with Gasteiger partial charge in [-0.15, -0.1) is 0 Å². The molecule has 2 aliphatic heterocycles. The lowest BCUT2D eigenvalue weighted by Gasteiger charge is -2.07. The van der Waals surface area contributed by atoms with Crippen molar-refractivity contribution in [3.63, 3.8) is 0 Å². The fourth-order valence-corrected chi connectivity index (χ4v) is 6.56. The molecule has 2 saturated heterocycles. The van der Waals surface area contributed by atoms with Gasteiger partial charge in [0.25, 0.3) is 0 Å². The Bertz CT molecular complexity index is 775. The summed E-state index contributed by atoms with van der Waals surface area (Å²) in [6.45, 7) is 6.05. The van der Waals surface area contributed by atoms with E-state index in [1.807, 2.05) is 0 Å². The first-order chi connectivity index (χ1) is 23.6. The average molecular weight is 673 g/mol. The summed E-state index contributed by atoms with van der Waals surface area (Å²) in [4.78, 5) is 24.2. The van der Waals surface area contributed by atoms with Crippen molar-refractivity contribution in [1.29, 1.82) is 0 Å². The van der Waals surface area contributed by atoms with Gasteiger partial charge >= 0.3 is 0 Å². The standard InChI is InChI=1S/C42H76N2O4/c1-3-5-21-29-37-39(47-37)31-23-15-11-7-9-13-17-25-33-41(45)43-35-27-19-20-28-36-44-42(46)34-26-18-14-10-8-12-16-24-32-40-38(48-40)30-22-6-4-2/h15-16,23-24,37-40H,3-14,17-22,25-36H2,1-2H3,(H,43,45)(H,44,46)/b23-15+,24-16+. The zero-order valence-corrected chi connectivity index (χ0v) is 31.5. The van der Waals surface area contributed by atoms with Gasteiger partial charge in [-0.1, -0.05) is 128 Å². The van der Waals surface area contributed by atoms with Gasteiger partial charge in [0.05, 0.1) is 24.4 Å². The Morgan fingerprint density at radius 2 is 0.854 bits per heavy atom. The highest BCUT2D eigenvalue weighted by Gasteiger charge is 2.37. The van der Waals surface area contributed by atoms with Gasteiger partial charge in [-0.2, -0.15) is 0 Å². The van der Waals surface area contributed by atoms with Gasteiger partial charge in [0.15, 0.2) is 0 Å². The zero-order chi connectivity index (χ0) is 34.3. The number of ether oxygens (including phenoxy) is 2. The maximum atomic E-state index is 12.1. The first-order valence-corrected chi connectivity index (χ1v) is 20.8. The Labute approximate surface area is 296 Å². The van der Waals surface area contributed by atoms with Crippen molar-refractivity contribution >= 4 is 11.8 Å². The van der Waals surface area contributed by atoms with Crippen LogP contribution in [-0.4, -0.2) is 49.3 Å². The fourth-order valence-electron chi connectivity index (χ4n) is 6.56. The second kappa shape index (κ2) is 30.2. The molecule has 0 spiro atoms. The Balaban J connectivity index is 1.22. The zero-order valence-electron chi connectivity index (χ0n) is 31.5. The molecule has 2 N–H and O–H groups in total. The topological polar surface area (TPSA) is 83.3 Å². The molecular formula is C42H76N2O4. The van der Waals surface area contributed by atoms with E-state index in [1.54, 1.807) is 0 Å². The molecule has 0 aromatic carbocycles. The molecule has 2 rings (SSSR count). The summed E-state index contributed by atoms with van der Waals surface area (Å²) in [5, 5.41) is 6.15. The largest absolute Gasteiger partial charge is 0.369 e. The van der Waals surface area contributed by atoms with Gasteiger partial charge in [-0.05, 0) is 77.0 Å². The van der Waals surface area contributed by atoms with Crippen LogP contribution in [0.25, 0.3) is 0 Å². The number of rotatable bonds is 35. The predicted octanol–water partition coefficient (Wildman–Crippen LogP) is 10.8. The molecular weight excluding hydrogens is 596 g/mol. The van der Waals surface area contributed by atoms with Crippen molar-refractivity contribution in [3.8, 4) is 0 Å². The molecule has 0 aromatic rings. The Morgan fingerprint density at radius 1 is 0.458 bits per heavy atom. The molecule has 2 aliphatic rings. The van der Waals surface area contributed by atoms with Crippen LogP contribution < -0.4 is 10.6 Å². The van der Waals surface area contributed by atoms with E-state index in [2.05, 4.69) is 48.8 Å². The van der Waals surface area contributed by atoms with Crippen molar-refractivity contribution in [2.75, 3.05) is 13.1 Å². The van der Waals surface area contributed by atoms with Crippen molar-refractivity contribution in [3.05, 3.63) is 24.3 Å². The molecule has 48 heavy (non-hydrogen) atoms. The van der Waals surface area contributed by atoms with Crippen LogP contribution >= 0.6 is 0 Å². The van der Waals surface area contributed by atoms with E-state index < -0.39 is 0 Å². The number of unbranched alkanes of at least 4 members (excludes halogenated alkanes) is 17. The summed E-state index contributed by atoms with van der Waals surface area (Å²) >= 11 is 0. The molecule has 278 valence electrons. The van der Waals surface area contributed by atoms with E-state index in [4.69, 9.17) is 9.47 Å². The van der Waals surface area contributed by atoms with Crippen molar-refractivity contribution in [2.45, 2.75) is 218 Å². The summed E-state index contributed by atoms with van der Waals surface area (Å²) in [5.74, 6) is 0.394. The Kier molecular flexibility index (Phi) is 26.7. The first kappa shape index (κ1) is 42.5. The molecule has 4 atom stereocenters. The van der Waals surface area contributed by atoms with Gasteiger partial charge in [-0.3, -0.25) is 9.59 Å². The summed E-state index contributed by atoms with van der Waals surface area (Å²) in [6.07, 6.45) is 43.4. The molecule has 2 fully saturated rings. The van der Waals surface area contributed by atoms with E-state index in [-0.39, 0.29) is 11.8 Å². The van der Waals surface area contributed by atoms with E-state index in [1.165, 1.54) is 89.9 Å². The SMILES string of the molecule is CCCCCC1OC1C/C=C/CCCCCCCC(=O)NCCCCCCNC(=O)CCCCCCC/C=C/CC1OC1CCCCC. The van der Waals surface area contributed by atoms with Crippen LogP contribution in [0.3, 0.4) is 0 Å². The third-order valence-electron chi connectivity index (χ3n) is 9.93. The number of amides is 2. The smallest absolute Gasteiger partial charge is 0.219 e. The fraction of sp³-hybridized carbons (Fsp3) is 0.857. The van der Waals surface area contributed by atoms with E-state index in [0.29, 0.717) is 37.3 Å². The van der Waals surface area contributed by atoms with Crippen LogP contribution in [0.1, 0.15) is 194 Å². The van der Waals surface area contributed by atoms with Crippen LogP contribution in [0.5, 0.6) is 0 Å². The van der Waals surface area contributed by atoms with E-state index >= 15 is 0 Å². The number of epoxide rings is 2. The number of hydrogen-bond donors (Lipinski definition) is 2. The third-order valence-corrected chi connectivity index (χ3v) is 9.93. The highest BCUT2D eigenvalue weighted by Crippen LogP contribution is 2.31. The summed E-state index contributed by atoms with van der Waals surface area (Å²) in [7, 11) is 0. The van der Waals surface area contributed by atoms with Crippen molar-refractivity contribution in [1.82, 2.24) is 10.6 Å². The molecule has 2 heterocycles. The minimum atomic E-state index is 0.197. The van der Waals surface area contributed by atoms with E-state index in [0.717, 1.165) is 90.1 Å². The van der Waals surface area contributed by atoms with Crippen LogP contribution in [-0.2, 0) is 19.1 Å². The summed E-state index contributed by atoms with van der Waals surface area (Å²) < 4.78 is 11.5. The number of carbonyl (C=O) groups excluding carboxylic acids is 2. The second-order valence-electron chi connectivity index (χ2n) is 14.6. The van der Waals surface area contributed by atoms with Crippen LogP contribution in [0.4, 0.5) is 0 Å². The van der Waals surface area contributed by atoms with E-state index in [9.17, 15) is 9.59 Å².